The van der Waals surface area contributed by atoms with Crippen LogP contribution in [0.1, 0.15) is 23.6 Å². The van der Waals surface area contributed by atoms with Gasteiger partial charge in [-0.1, -0.05) is 30.3 Å². The van der Waals surface area contributed by atoms with Crippen LogP contribution in [0.25, 0.3) is 0 Å². The van der Waals surface area contributed by atoms with Crippen LogP contribution in [0.5, 0.6) is 5.75 Å². The van der Waals surface area contributed by atoms with E-state index >= 15 is 0 Å². The molecule has 128 valence electrons. The van der Waals surface area contributed by atoms with Gasteiger partial charge in [0.15, 0.2) is 0 Å². The van der Waals surface area contributed by atoms with Gasteiger partial charge in [-0.15, -0.1) is 0 Å². The third-order valence-corrected chi connectivity index (χ3v) is 3.31. The van der Waals surface area contributed by atoms with Gasteiger partial charge in [-0.3, -0.25) is 4.79 Å². The number of carbonyl (C=O) groups excluding carboxylic acids is 1. The highest BCUT2D eigenvalue weighted by molar-refractivity contribution is 5.65. The minimum Gasteiger partial charge on any atom is -0.489 e. The lowest BCUT2D eigenvalue weighted by Crippen LogP contribution is -2.12. The van der Waals surface area contributed by atoms with Crippen molar-refractivity contribution in [3.05, 3.63) is 65.2 Å². The van der Waals surface area contributed by atoms with Gasteiger partial charge in [-0.05, 0) is 29.3 Å². The predicted octanol–water partition coefficient (Wildman–Crippen LogP) is 4.39. The first-order chi connectivity index (χ1) is 11.4. The van der Waals surface area contributed by atoms with E-state index in [0.717, 1.165) is 11.6 Å². The van der Waals surface area contributed by atoms with Crippen LogP contribution in [-0.2, 0) is 28.7 Å². The molecule has 0 atom stereocenters. The Labute approximate surface area is 138 Å². The van der Waals surface area contributed by atoms with E-state index in [9.17, 15) is 18.0 Å². The molecule has 6 heteroatoms. The summed E-state index contributed by atoms with van der Waals surface area (Å²) >= 11 is 0. The molecule has 0 saturated carbocycles. The highest BCUT2D eigenvalue weighted by Gasteiger charge is 2.33. The minimum absolute atomic E-state index is 0.0308. The van der Waals surface area contributed by atoms with Gasteiger partial charge in [-0.25, -0.2) is 0 Å². The topological polar surface area (TPSA) is 35.5 Å². The van der Waals surface area contributed by atoms with E-state index in [1.54, 1.807) is 0 Å². The van der Waals surface area contributed by atoms with Crippen molar-refractivity contribution >= 4 is 5.97 Å². The van der Waals surface area contributed by atoms with Crippen molar-refractivity contribution in [1.29, 1.82) is 0 Å². The highest BCUT2D eigenvalue weighted by atomic mass is 19.4. The summed E-state index contributed by atoms with van der Waals surface area (Å²) in [5.74, 6) is -0.190. The fourth-order valence-electron chi connectivity index (χ4n) is 2.19. The Kier molecular flexibility index (Phi) is 5.84. The number of rotatable bonds is 6. The second-order valence-corrected chi connectivity index (χ2v) is 5.18. The van der Waals surface area contributed by atoms with Crippen molar-refractivity contribution in [2.45, 2.75) is 26.1 Å². The molecule has 2 rings (SSSR count). The van der Waals surface area contributed by atoms with E-state index in [2.05, 4.69) is 0 Å². The molecule has 0 heterocycles. The predicted molar refractivity (Wildman–Crippen MR) is 82.6 cm³/mol. The van der Waals surface area contributed by atoms with Gasteiger partial charge < -0.3 is 9.47 Å². The van der Waals surface area contributed by atoms with Gasteiger partial charge in [0.05, 0.1) is 12.2 Å². The van der Waals surface area contributed by atoms with Gasteiger partial charge in [0, 0.05) is 13.3 Å². The van der Waals surface area contributed by atoms with E-state index in [0.29, 0.717) is 5.75 Å². The van der Waals surface area contributed by atoms with Crippen molar-refractivity contribution < 1.29 is 27.4 Å². The van der Waals surface area contributed by atoms with Crippen molar-refractivity contribution in [2.75, 3.05) is 6.61 Å². The first-order valence-corrected chi connectivity index (χ1v) is 7.36. The number of hydrogen-bond acceptors (Lipinski definition) is 3. The normalized spacial score (nSPS) is 11.2. The summed E-state index contributed by atoms with van der Waals surface area (Å²) in [5, 5.41) is 0. The molecular formula is C18H17F3O3. The molecule has 0 aliphatic rings. The van der Waals surface area contributed by atoms with Crippen LogP contribution in [-0.4, -0.2) is 12.6 Å². The van der Waals surface area contributed by atoms with E-state index in [1.165, 1.54) is 19.1 Å². The van der Waals surface area contributed by atoms with Crippen molar-refractivity contribution in [1.82, 2.24) is 0 Å². The number of esters is 1. The van der Waals surface area contributed by atoms with Crippen LogP contribution in [0.4, 0.5) is 13.2 Å². The molecular weight excluding hydrogens is 321 g/mol. The second kappa shape index (κ2) is 7.86. The summed E-state index contributed by atoms with van der Waals surface area (Å²) in [6.45, 7) is 1.36. The Bertz CT molecular complexity index is 682. The molecule has 0 radical (unpaired) electrons. The summed E-state index contributed by atoms with van der Waals surface area (Å²) in [5.41, 5.74) is 0.204. The summed E-state index contributed by atoms with van der Waals surface area (Å²) in [4.78, 5) is 10.8. The number of carbonyl (C=O) groups is 1. The largest absolute Gasteiger partial charge is 0.489 e. The third kappa shape index (κ3) is 5.30. The zero-order valence-corrected chi connectivity index (χ0v) is 13.1. The number of hydrogen-bond donors (Lipinski definition) is 0. The number of halogens is 3. The molecule has 0 saturated heterocycles. The zero-order chi connectivity index (χ0) is 17.6. The summed E-state index contributed by atoms with van der Waals surface area (Å²) in [6.07, 6.45) is -4.50. The average Bonchev–Trinajstić information content (AvgIpc) is 2.52. The zero-order valence-electron chi connectivity index (χ0n) is 13.1. The van der Waals surface area contributed by atoms with Gasteiger partial charge in [-0.2, -0.15) is 13.2 Å². The Balaban J connectivity index is 2.13. The standard InChI is InChI=1S/C18H17F3O3/c1-13(22)23-10-9-15-11-16(7-8-17(15)18(19,20)21)24-12-14-5-3-2-4-6-14/h2-8,11H,9-10,12H2,1H3. The number of benzene rings is 2. The maximum Gasteiger partial charge on any atom is 0.416 e. The molecule has 3 nitrogen and oxygen atoms in total. The van der Waals surface area contributed by atoms with Crippen molar-refractivity contribution in [3.63, 3.8) is 0 Å². The lowest BCUT2D eigenvalue weighted by Gasteiger charge is -2.15. The van der Waals surface area contributed by atoms with E-state index in [-0.39, 0.29) is 25.2 Å². The van der Waals surface area contributed by atoms with Gasteiger partial charge in [0.1, 0.15) is 12.4 Å². The summed E-state index contributed by atoms with van der Waals surface area (Å²) in [6, 6.07) is 12.9. The van der Waals surface area contributed by atoms with Crippen LogP contribution >= 0.6 is 0 Å². The third-order valence-electron chi connectivity index (χ3n) is 3.31. The molecule has 0 fully saturated rings. The Morgan fingerprint density at radius 2 is 1.79 bits per heavy atom. The molecule has 0 amide bonds. The lowest BCUT2D eigenvalue weighted by molar-refractivity contribution is -0.141. The molecule has 0 aliphatic heterocycles. The minimum atomic E-state index is -4.47. The molecule has 2 aromatic rings. The first kappa shape index (κ1) is 17.8. The quantitative estimate of drug-likeness (QED) is 0.733. The monoisotopic (exact) mass is 338 g/mol. The van der Waals surface area contributed by atoms with Crippen LogP contribution in [0.15, 0.2) is 48.5 Å². The smallest absolute Gasteiger partial charge is 0.416 e. The number of ether oxygens (including phenoxy) is 2. The van der Waals surface area contributed by atoms with E-state index in [4.69, 9.17) is 9.47 Å². The maximum absolute atomic E-state index is 13.1. The fourth-order valence-corrected chi connectivity index (χ4v) is 2.19. The lowest BCUT2D eigenvalue weighted by atomic mass is 10.0. The average molecular weight is 338 g/mol. The van der Waals surface area contributed by atoms with Gasteiger partial charge in [0.25, 0.3) is 0 Å². The Hall–Kier alpha value is -2.50. The van der Waals surface area contributed by atoms with E-state index < -0.39 is 17.7 Å². The molecule has 0 aromatic heterocycles. The molecule has 0 bridgehead atoms. The van der Waals surface area contributed by atoms with Gasteiger partial charge >= 0.3 is 12.1 Å². The maximum atomic E-state index is 13.1. The Morgan fingerprint density at radius 3 is 2.42 bits per heavy atom. The van der Waals surface area contributed by atoms with E-state index in [1.807, 2.05) is 30.3 Å². The fraction of sp³-hybridized carbons (Fsp3) is 0.278. The van der Waals surface area contributed by atoms with Crippen molar-refractivity contribution in [2.24, 2.45) is 0 Å². The summed E-state index contributed by atoms with van der Waals surface area (Å²) in [7, 11) is 0. The summed E-state index contributed by atoms with van der Waals surface area (Å²) < 4.78 is 49.5. The van der Waals surface area contributed by atoms with Crippen LogP contribution in [0.3, 0.4) is 0 Å². The molecule has 0 spiro atoms. The number of alkyl halides is 3. The van der Waals surface area contributed by atoms with Crippen LogP contribution in [0.2, 0.25) is 0 Å². The van der Waals surface area contributed by atoms with Crippen molar-refractivity contribution in [3.8, 4) is 5.75 Å². The molecule has 0 aliphatic carbocycles. The van der Waals surface area contributed by atoms with Gasteiger partial charge in [0.2, 0.25) is 0 Å². The second-order valence-electron chi connectivity index (χ2n) is 5.18. The molecule has 24 heavy (non-hydrogen) atoms. The highest BCUT2D eigenvalue weighted by Crippen LogP contribution is 2.34. The first-order valence-electron chi connectivity index (χ1n) is 7.36. The SMILES string of the molecule is CC(=O)OCCc1cc(OCc2ccccc2)ccc1C(F)(F)F. The Morgan fingerprint density at radius 1 is 1.08 bits per heavy atom. The molecule has 0 unspecified atom stereocenters. The van der Waals surface area contributed by atoms with Crippen LogP contribution < -0.4 is 4.74 Å². The molecule has 0 N–H and O–H groups in total. The van der Waals surface area contributed by atoms with Crippen LogP contribution in [0, 0.1) is 0 Å². The molecule has 2 aromatic carbocycles.